The van der Waals surface area contributed by atoms with E-state index in [1.807, 2.05) is 24.3 Å². The molecule has 3 aromatic rings. The molecule has 0 saturated heterocycles. The Kier molecular flexibility index (Phi) is 5.45. The van der Waals surface area contributed by atoms with E-state index in [2.05, 4.69) is 4.72 Å². The van der Waals surface area contributed by atoms with Gasteiger partial charge < -0.3 is 9.30 Å². The van der Waals surface area contributed by atoms with Crippen LogP contribution in [-0.2, 0) is 23.5 Å². The third-order valence-corrected chi connectivity index (χ3v) is 6.64. The van der Waals surface area contributed by atoms with Crippen LogP contribution in [-0.4, -0.2) is 26.6 Å². The third kappa shape index (κ3) is 3.82. The number of thiazole rings is 1. The van der Waals surface area contributed by atoms with Crippen LogP contribution in [0.3, 0.4) is 0 Å². The van der Waals surface area contributed by atoms with Crippen molar-refractivity contribution in [3.8, 4) is 5.75 Å². The van der Waals surface area contributed by atoms with Crippen molar-refractivity contribution in [1.29, 1.82) is 0 Å². The molecule has 0 atom stereocenters. The van der Waals surface area contributed by atoms with Gasteiger partial charge in [-0.15, -0.1) is 0 Å². The summed E-state index contributed by atoms with van der Waals surface area (Å²) in [5, 5.41) is 0. The van der Waals surface area contributed by atoms with Crippen molar-refractivity contribution in [2.75, 3.05) is 13.7 Å². The van der Waals surface area contributed by atoms with Crippen molar-refractivity contribution >= 4 is 31.6 Å². The monoisotopic (exact) mass is 392 g/mol. The number of aryl methyl sites for hydroxylation is 2. The molecule has 0 aliphatic carbocycles. The first-order chi connectivity index (χ1) is 12.4. The van der Waals surface area contributed by atoms with E-state index < -0.39 is 10.0 Å². The zero-order valence-corrected chi connectivity index (χ0v) is 16.2. The Morgan fingerprint density at radius 2 is 1.96 bits per heavy atom. The molecule has 8 heteroatoms. The quantitative estimate of drug-likeness (QED) is 0.627. The van der Waals surface area contributed by atoms with E-state index in [-0.39, 0.29) is 9.77 Å². The number of hydrogen-bond acceptors (Lipinski definition) is 5. The van der Waals surface area contributed by atoms with Crippen molar-refractivity contribution in [2.24, 2.45) is 7.05 Å². The van der Waals surface area contributed by atoms with Crippen LogP contribution in [0.5, 0.6) is 5.75 Å². The predicted molar refractivity (Wildman–Crippen MR) is 104 cm³/mol. The van der Waals surface area contributed by atoms with Gasteiger partial charge >= 0.3 is 4.87 Å². The zero-order chi connectivity index (χ0) is 18.7. The number of sulfonamides is 1. The molecule has 138 valence electrons. The molecule has 0 bridgehead atoms. The van der Waals surface area contributed by atoms with Gasteiger partial charge in [-0.2, -0.15) is 0 Å². The molecule has 0 aliphatic heterocycles. The second-order valence-corrected chi connectivity index (χ2v) is 8.63. The Balaban J connectivity index is 1.66. The van der Waals surface area contributed by atoms with Crippen LogP contribution in [0.1, 0.15) is 12.0 Å². The number of ether oxygens (including phenoxy) is 1. The summed E-state index contributed by atoms with van der Waals surface area (Å²) in [5.41, 5.74) is 1.78. The van der Waals surface area contributed by atoms with Crippen molar-refractivity contribution in [1.82, 2.24) is 9.29 Å². The summed E-state index contributed by atoms with van der Waals surface area (Å²) in [6, 6.07) is 12.4. The van der Waals surface area contributed by atoms with Crippen LogP contribution in [0.25, 0.3) is 10.2 Å². The van der Waals surface area contributed by atoms with Gasteiger partial charge in [0.15, 0.2) is 0 Å². The molecule has 0 aliphatic rings. The molecule has 0 saturated carbocycles. The largest absolute Gasteiger partial charge is 0.496 e. The topological polar surface area (TPSA) is 77.4 Å². The second-order valence-electron chi connectivity index (χ2n) is 5.87. The minimum absolute atomic E-state index is 0.112. The molecule has 2 aromatic carbocycles. The first-order valence-electron chi connectivity index (χ1n) is 8.13. The summed E-state index contributed by atoms with van der Waals surface area (Å²) in [5.74, 6) is 0.805. The van der Waals surface area contributed by atoms with E-state index in [0.29, 0.717) is 24.1 Å². The molecular formula is C18H20N2O4S2. The summed E-state index contributed by atoms with van der Waals surface area (Å²) < 4.78 is 35.1. The third-order valence-electron chi connectivity index (χ3n) is 4.18. The van der Waals surface area contributed by atoms with Gasteiger partial charge in [0, 0.05) is 13.6 Å². The van der Waals surface area contributed by atoms with Crippen molar-refractivity contribution in [2.45, 2.75) is 17.7 Å². The van der Waals surface area contributed by atoms with Gasteiger partial charge in [0.25, 0.3) is 0 Å². The average Bonchev–Trinajstić information content (AvgIpc) is 2.92. The highest BCUT2D eigenvalue weighted by Crippen LogP contribution is 2.21. The Morgan fingerprint density at radius 3 is 2.73 bits per heavy atom. The van der Waals surface area contributed by atoms with Gasteiger partial charge in [-0.25, -0.2) is 13.1 Å². The van der Waals surface area contributed by atoms with E-state index in [9.17, 15) is 13.2 Å². The van der Waals surface area contributed by atoms with Crippen molar-refractivity contribution in [3.63, 3.8) is 0 Å². The lowest BCUT2D eigenvalue weighted by Gasteiger charge is -2.09. The molecule has 1 heterocycles. The molecule has 0 unspecified atom stereocenters. The Labute approximate surface area is 156 Å². The maximum Gasteiger partial charge on any atom is 0.307 e. The summed E-state index contributed by atoms with van der Waals surface area (Å²) in [4.78, 5) is 11.8. The first kappa shape index (κ1) is 18.6. The number of fused-ring (bicyclic) bond motifs is 1. The maximum atomic E-state index is 12.5. The fraction of sp³-hybridized carbons (Fsp3) is 0.278. The number of nitrogens with one attached hydrogen (secondary N) is 1. The maximum absolute atomic E-state index is 12.5. The molecule has 1 aromatic heterocycles. The van der Waals surface area contributed by atoms with Crippen LogP contribution in [0.4, 0.5) is 0 Å². The van der Waals surface area contributed by atoms with Gasteiger partial charge in [-0.3, -0.25) is 4.79 Å². The Hall–Kier alpha value is -2.16. The van der Waals surface area contributed by atoms with E-state index in [1.54, 1.807) is 26.3 Å². The SMILES string of the molecule is COc1ccccc1CCCNS(=O)(=O)c1ccc2c(c1)sc(=O)n2C. The van der Waals surface area contributed by atoms with Crippen molar-refractivity contribution < 1.29 is 13.2 Å². The van der Waals surface area contributed by atoms with Gasteiger partial charge in [-0.1, -0.05) is 29.5 Å². The number of benzene rings is 2. The minimum Gasteiger partial charge on any atom is -0.496 e. The number of aromatic nitrogens is 1. The van der Waals surface area contributed by atoms with Gasteiger partial charge in [-0.05, 0) is 42.7 Å². The summed E-state index contributed by atoms with van der Waals surface area (Å²) >= 11 is 1.04. The Bertz CT molecular complexity index is 1080. The zero-order valence-electron chi connectivity index (χ0n) is 14.6. The highest BCUT2D eigenvalue weighted by molar-refractivity contribution is 7.89. The van der Waals surface area contributed by atoms with E-state index in [1.165, 1.54) is 10.6 Å². The van der Waals surface area contributed by atoms with Crippen molar-refractivity contribution in [3.05, 3.63) is 57.7 Å². The van der Waals surface area contributed by atoms with Crippen LogP contribution < -0.4 is 14.3 Å². The smallest absolute Gasteiger partial charge is 0.307 e. The highest BCUT2D eigenvalue weighted by atomic mass is 32.2. The van der Waals surface area contributed by atoms with Gasteiger partial charge in [0.1, 0.15) is 5.75 Å². The lowest BCUT2D eigenvalue weighted by atomic mass is 10.1. The molecule has 6 nitrogen and oxygen atoms in total. The molecule has 0 radical (unpaired) electrons. The molecular weight excluding hydrogens is 372 g/mol. The average molecular weight is 393 g/mol. The fourth-order valence-corrected chi connectivity index (χ4v) is 4.85. The fourth-order valence-electron chi connectivity index (χ4n) is 2.76. The molecule has 1 N–H and O–H groups in total. The second kappa shape index (κ2) is 7.61. The molecule has 0 amide bonds. The highest BCUT2D eigenvalue weighted by Gasteiger charge is 2.15. The molecule has 26 heavy (non-hydrogen) atoms. The van der Waals surface area contributed by atoms with E-state index >= 15 is 0 Å². The number of hydrogen-bond donors (Lipinski definition) is 1. The summed E-state index contributed by atoms with van der Waals surface area (Å²) in [7, 11) is -0.319. The first-order valence-corrected chi connectivity index (χ1v) is 10.4. The van der Waals surface area contributed by atoms with Crippen LogP contribution >= 0.6 is 11.3 Å². The summed E-state index contributed by atoms with van der Waals surface area (Å²) in [6.45, 7) is 0.323. The van der Waals surface area contributed by atoms with Gasteiger partial charge in [0.2, 0.25) is 10.0 Å². The molecule has 3 rings (SSSR count). The van der Waals surface area contributed by atoms with Gasteiger partial charge in [0.05, 0.1) is 22.2 Å². The molecule has 0 spiro atoms. The lowest BCUT2D eigenvalue weighted by Crippen LogP contribution is -2.25. The summed E-state index contributed by atoms with van der Waals surface area (Å²) in [6.07, 6.45) is 1.37. The van der Waals surface area contributed by atoms with E-state index in [4.69, 9.17) is 4.74 Å². The number of nitrogens with zero attached hydrogens (tertiary/aromatic N) is 1. The number of para-hydroxylation sites is 1. The Morgan fingerprint density at radius 1 is 1.19 bits per heavy atom. The standard InChI is InChI=1S/C18H20N2O4S2/c1-20-15-10-9-14(12-17(15)25-18(20)21)26(22,23)19-11-5-7-13-6-3-4-8-16(13)24-2/h3-4,6,8-10,12,19H,5,7,11H2,1-2H3. The van der Waals surface area contributed by atoms with Crippen LogP contribution in [0.15, 0.2) is 52.2 Å². The van der Waals surface area contributed by atoms with Crippen LogP contribution in [0.2, 0.25) is 0 Å². The van der Waals surface area contributed by atoms with Crippen LogP contribution in [0, 0.1) is 0 Å². The normalized spacial score (nSPS) is 11.8. The molecule has 0 fully saturated rings. The number of rotatable bonds is 7. The minimum atomic E-state index is -3.61. The van der Waals surface area contributed by atoms with E-state index in [0.717, 1.165) is 28.2 Å². The predicted octanol–water partition coefficient (Wildman–Crippen LogP) is 2.52. The lowest BCUT2D eigenvalue weighted by molar-refractivity contribution is 0.409. The number of methoxy groups -OCH3 is 1.